The van der Waals surface area contributed by atoms with Crippen molar-refractivity contribution in [2.24, 2.45) is 5.41 Å². The smallest absolute Gasteiger partial charge is 0.255 e. The first-order valence-electron chi connectivity index (χ1n) is 9.19. The first-order valence-corrected chi connectivity index (χ1v) is 9.19. The van der Waals surface area contributed by atoms with Gasteiger partial charge in [0.05, 0.1) is 24.2 Å². The number of para-hydroxylation sites is 1. The Morgan fingerprint density at radius 1 is 1.12 bits per heavy atom. The van der Waals surface area contributed by atoms with Crippen LogP contribution in [0.25, 0.3) is 0 Å². The summed E-state index contributed by atoms with van der Waals surface area (Å²) in [5.74, 6) is 0.160. The SMILES string of the molecule is O=C(c1ccccc1N1CCOCC1)N1CC[C@]2(CCCNC2=O)C1. The molecule has 2 amide bonds. The molecule has 25 heavy (non-hydrogen) atoms. The number of piperidine rings is 1. The maximum atomic E-state index is 13.2. The van der Waals surface area contributed by atoms with Gasteiger partial charge in [-0.3, -0.25) is 9.59 Å². The van der Waals surface area contributed by atoms with Crippen molar-refractivity contribution in [2.45, 2.75) is 19.3 Å². The zero-order chi connectivity index (χ0) is 17.3. The number of morpholine rings is 1. The van der Waals surface area contributed by atoms with Crippen LogP contribution in [-0.2, 0) is 9.53 Å². The summed E-state index contributed by atoms with van der Waals surface area (Å²) >= 11 is 0. The van der Waals surface area contributed by atoms with Gasteiger partial charge in [0.25, 0.3) is 5.91 Å². The lowest BCUT2D eigenvalue weighted by Crippen LogP contribution is -2.48. The molecule has 3 aliphatic rings. The van der Waals surface area contributed by atoms with Crippen LogP contribution in [0.5, 0.6) is 0 Å². The summed E-state index contributed by atoms with van der Waals surface area (Å²) in [5, 5.41) is 2.98. The van der Waals surface area contributed by atoms with E-state index >= 15 is 0 Å². The molecule has 0 unspecified atom stereocenters. The highest BCUT2D eigenvalue weighted by Crippen LogP contribution is 2.38. The largest absolute Gasteiger partial charge is 0.378 e. The van der Waals surface area contributed by atoms with Gasteiger partial charge in [-0.15, -0.1) is 0 Å². The summed E-state index contributed by atoms with van der Waals surface area (Å²) in [7, 11) is 0. The molecule has 134 valence electrons. The van der Waals surface area contributed by atoms with Gasteiger partial charge in [-0.05, 0) is 31.4 Å². The van der Waals surface area contributed by atoms with Crippen LogP contribution in [0.2, 0.25) is 0 Å². The Bertz CT molecular complexity index is 672. The predicted molar refractivity (Wildman–Crippen MR) is 94.7 cm³/mol. The number of ether oxygens (including phenoxy) is 1. The Kier molecular flexibility index (Phi) is 4.37. The second-order valence-electron chi connectivity index (χ2n) is 7.23. The summed E-state index contributed by atoms with van der Waals surface area (Å²) in [6.45, 7) is 4.94. The summed E-state index contributed by atoms with van der Waals surface area (Å²) in [6.07, 6.45) is 2.65. The summed E-state index contributed by atoms with van der Waals surface area (Å²) in [6, 6.07) is 7.80. The van der Waals surface area contributed by atoms with E-state index in [9.17, 15) is 9.59 Å². The van der Waals surface area contributed by atoms with Crippen LogP contribution in [0.4, 0.5) is 5.69 Å². The van der Waals surface area contributed by atoms with E-state index in [1.807, 2.05) is 29.2 Å². The average molecular weight is 343 g/mol. The van der Waals surface area contributed by atoms with Crippen molar-refractivity contribution < 1.29 is 14.3 Å². The number of benzene rings is 1. The van der Waals surface area contributed by atoms with E-state index in [0.717, 1.165) is 50.1 Å². The third-order valence-electron chi connectivity index (χ3n) is 5.73. The van der Waals surface area contributed by atoms with Gasteiger partial charge in [-0.25, -0.2) is 0 Å². The molecule has 0 aromatic heterocycles. The normalized spacial score (nSPS) is 26.8. The molecule has 0 bridgehead atoms. The highest BCUT2D eigenvalue weighted by atomic mass is 16.5. The van der Waals surface area contributed by atoms with Gasteiger partial charge in [0, 0.05) is 38.4 Å². The van der Waals surface area contributed by atoms with E-state index in [0.29, 0.717) is 26.3 Å². The number of hydrogen-bond donors (Lipinski definition) is 1. The first-order chi connectivity index (χ1) is 12.2. The standard InChI is InChI=1S/C19H25N3O3/c23-17(22-9-7-19(14-22)6-3-8-20-18(19)24)15-4-1-2-5-16(15)21-10-12-25-13-11-21/h1-2,4-5H,3,6-14H2,(H,20,24)/t19-/m1/s1. The van der Waals surface area contributed by atoms with Gasteiger partial charge in [-0.1, -0.05) is 12.1 Å². The molecule has 1 aromatic carbocycles. The van der Waals surface area contributed by atoms with Crippen LogP contribution in [0.15, 0.2) is 24.3 Å². The van der Waals surface area contributed by atoms with Gasteiger partial charge in [0.15, 0.2) is 0 Å². The average Bonchev–Trinajstić information content (AvgIpc) is 3.09. The van der Waals surface area contributed by atoms with Crippen LogP contribution in [0, 0.1) is 5.41 Å². The maximum Gasteiger partial charge on any atom is 0.255 e. The van der Waals surface area contributed by atoms with E-state index < -0.39 is 0 Å². The van der Waals surface area contributed by atoms with Crippen molar-refractivity contribution in [1.82, 2.24) is 10.2 Å². The molecular formula is C19H25N3O3. The Hall–Kier alpha value is -2.08. The molecule has 3 aliphatic heterocycles. The molecule has 6 nitrogen and oxygen atoms in total. The number of nitrogens with one attached hydrogen (secondary N) is 1. The number of carbonyl (C=O) groups excluding carboxylic acids is 2. The summed E-state index contributed by atoms with van der Waals surface area (Å²) in [4.78, 5) is 29.6. The van der Waals surface area contributed by atoms with Crippen molar-refractivity contribution in [3.63, 3.8) is 0 Å². The highest BCUT2D eigenvalue weighted by molar-refractivity contribution is 6.00. The van der Waals surface area contributed by atoms with Crippen LogP contribution < -0.4 is 10.2 Å². The lowest BCUT2D eigenvalue weighted by atomic mass is 9.79. The Morgan fingerprint density at radius 2 is 1.92 bits per heavy atom. The lowest BCUT2D eigenvalue weighted by Gasteiger charge is -2.33. The minimum atomic E-state index is -0.373. The van der Waals surface area contributed by atoms with Gasteiger partial charge in [0.2, 0.25) is 5.91 Å². The van der Waals surface area contributed by atoms with Crippen molar-refractivity contribution in [2.75, 3.05) is 50.8 Å². The molecule has 1 aromatic rings. The van der Waals surface area contributed by atoms with E-state index in [1.54, 1.807) is 0 Å². The zero-order valence-corrected chi connectivity index (χ0v) is 14.5. The zero-order valence-electron chi connectivity index (χ0n) is 14.5. The molecule has 4 rings (SSSR count). The molecule has 1 atom stereocenters. The Morgan fingerprint density at radius 3 is 2.72 bits per heavy atom. The number of likely N-dealkylation sites (tertiary alicyclic amines) is 1. The van der Waals surface area contributed by atoms with E-state index in [2.05, 4.69) is 10.2 Å². The van der Waals surface area contributed by atoms with Gasteiger partial charge in [0.1, 0.15) is 0 Å². The molecule has 3 saturated heterocycles. The molecular weight excluding hydrogens is 318 g/mol. The molecule has 0 radical (unpaired) electrons. The number of carbonyl (C=O) groups is 2. The van der Waals surface area contributed by atoms with Crippen molar-refractivity contribution >= 4 is 17.5 Å². The van der Waals surface area contributed by atoms with E-state index in [1.165, 1.54) is 0 Å². The fourth-order valence-electron chi connectivity index (χ4n) is 4.27. The van der Waals surface area contributed by atoms with Crippen molar-refractivity contribution in [1.29, 1.82) is 0 Å². The molecule has 6 heteroatoms. The van der Waals surface area contributed by atoms with Crippen LogP contribution >= 0.6 is 0 Å². The summed E-state index contributed by atoms with van der Waals surface area (Å²) in [5.41, 5.74) is 1.34. The Labute approximate surface area is 148 Å². The molecule has 3 fully saturated rings. The third-order valence-corrected chi connectivity index (χ3v) is 5.73. The van der Waals surface area contributed by atoms with E-state index in [4.69, 9.17) is 4.74 Å². The highest BCUT2D eigenvalue weighted by Gasteiger charge is 2.47. The van der Waals surface area contributed by atoms with Gasteiger partial charge >= 0.3 is 0 Å². The lowest BCUT2D eigenvalue weighted by molar-refractivity contribution is -0.132. The van der Waals surface area contributed by atoms with Crippen molar-refractivity contribution in [3.05, 3.63) is 29.8 Å². The van der Waals surface area contributed by atoms with Crippen LogP contribution in [0.1, 0.15) is 29.6 Å². The van der Waals surface area contributed by atoms with Gasteiger partial charge in [-0.2, -0.15) is 0 Å². The third kappa shape index (κ3) is 2.99. The monoisotopic (exact) mass is 343 g/mol. The van der Waals surface area contributed by atoms with Gasteiger partial charge < -0.3 is 19.9 Å². The number of anilines is 1. The Balaban J connectivity index is 1.55. The first kappa shape index (κ1) is 16.4. The number of rotatable bonds is 2. The fourth-order valence-corrected chi connectivity index (χ4v) is 4.27. The van der Waals surface area contributed by atoms with E-state index in [-0.39, 0.29) is 17.2 Å². The number of amides is 2. The number of nitrogens with zero attached hydrogens (tertiary/aromatic N) is 2. The topological polar surface area (TPSA) is 61.9 Å². The van der Waals surface area contributed by atoms with Crippen LogP contribution in [0.3, 0.4) is 0 Å². The molecule has 0 aliphatic carbocycles. The molecule has 1 N–H and O–H groups in total. The number of hydrogen-bond acceptors (Lipinski definition) is 4. The molecule has 3 heterocycles. The quantitative estimate of drug-likeness (QED) is 0.878. The van der Waals surface area contributed by atoms with Crippen LogP contribution in [-0.4, -0.2) is 62.7 Å². The molecule has 1 spiro atoms. The van der Waals surface area contributed by atoms with Crippen molar-refractivity contribution in [3.8, 4) is 0 Å². The summed E-state index contributed by atoms with van der Waals surface area (Å²) < 4.78 is 5.43. The second kappa shape index (κ2) is 6.67. The minimum Gasteiger partial charge on any atom is -0.378 e. The molecule has 0 saturated carbocycles. The fraction of sp³-hybridized carbons (Fsp3) is 0.579. The minimum absolute atomic E-state index is 0.0392. The predicted octanol–water partition coefficient (Wildman–Crippen LogP) is 1.27. The second-order valence-corrected chi connectivity index (χ2v) is 7.23. The maximum absolute atomic E-state index is 13.2.